The Morgan fingerprint density at radius 3 is 2.52 bits per heavy atom. The number of rotatable bonds is 4. The van der Waals surface area contributed by atoms with Crippen LogP contribution in [0.3, 0.4) is 0 Å². The molecule has 0 radical (unpaired) electrons. The summed E-state index contributed by atoms with van der Waals surface area (Å²) in [5, 5.41) is 0. The van der Waals surface area contributed by atoms with E-state index in [1.165, 1.54) is 0 Å². The van der Waals surface area contributed by atoms with Crippen LogP contribution in [0.25, 0.3) is 11.6 Å². The summed E-state index contributed by atoms with van der Waals surface area (Å²) in [5.41, 5.74) is 3.41. The molecule has 0 amide bonds. The highest BCUT2D eigenvalue weighted by Gasteiger charge is 2.19. The molecule has 0 N–H and O–H groups in total. The highest BCUT2D eigenvalue weighted by atomic mass is 19.2. The number of fused-ring (bicyclic) bond motifs is 1. The van der Waals surface area contributed by atoms with Crippen molar-refractivity contribution < 1.29 is 13.2 Å². The molecule has 1 aliphatic carbocycles. The molecule has 23 heavy (non-hydrogen) atoms. The van der Waals surface area contributed by atoms with Crippen LogP contribution in [0.2, 0.25) is 0 Å². The van der Waals surface area contributed by atoms with Gasteiger partial charge in [-0.3, -0.25) is 0 Å². The number of benzene rings is 2. The summed E-state index contributed by atoms with van der Waals surface area (Å²) in [4.78, 5) is 0. The van der Waals surface area contributed by atoms with Gasteiger partial charge < -0.3 is 0 Å². The molecule has 0 unspecified atom stereocenters. The van der Waals surface area contributed by atoms with Crippen molar-refractivity contribution in [3.63, 3.8) is 0 Å². The van der Waals surface area contributed by atoms with Crippen molar-refractivity contribution in [2.45, 2.75) is 39.0 Å². The van der Waals surface area contributed by atoms with Crippen molar-refractivity contribution in [1.82, 2.24) is 0 Å². The van der Waals surface area contributed by atoms with Gasteiger partial charge in [0.25, 0.3) is 0 Å². The Morgan fingerprint density at radius 2 is 1.78 bits per heavy atom. The van der Waals surface area contributed by atoms with E-state index in [9.17, 15) is 13.2 Å². The predicted octanol–water partition coefficient (Wildman–Crippen LogP) is 5.93. The second-order valence-corrected chi connectivity index (χ2v) is 6.02. The molecular formula is C20H19F3. The fourth-order valence-electron chi connectivity index (χ4n) is 3.08. The lowest BCUT2D eigenvalue weighted by molar-refractivity contribution is 0.498. The van der Waals surface area contributed by atoms with Crippen LogP contribution in [0, 0.1) is 17.5 Å². The average molecular weight is 316 g/mol. The van der Waals surface area contributed by atoms with E-state index in [0.29, 0.717) is 29.5 Å². The molecule has 0 spiro atoms. The lowest BCUT2D eigenvalue weighted by Crippen LogP contribution is -2.05. The fourth-order valence-corrected chi connectivity index (χ4v) is 3.08. The Bertz CT molecular complexity index is 760. The lowest BCUT2D eigenvalue weighted by atomic mass is 9.87. The van der Waals surface area contributed by atoms with E-state index in [4.69, 9.17) is 0 Å². The summed E-state index contributed by atoms with van der Waals surface area (Å²) in [7, 11) is 0. The number of halogens is 3. The quantitative estimate of drug-likeness (QED) is 0.655. The van der Waals surface area contributed by atoms with E-state index >= 15 is 0 Å². The van der Waals surface area contributed by atoms with Crippen LogP contribution >= 0.6 is 0 Å². The highest BCUT2D eigenvalue weighted by Crippen LogP contribution is 2.33. The maximum absolute atomic E-state index is 14.4. The Hall–Kier alpha value is -2.03. The van der Waals surface area contributed by atoms with Crippen LogP contribution in [0.5, 0.6) is 0 Å². The first kappa shape index (κ1) is 15.9. The van der Waals surface area contributed by atoms with Crippen LogP contribution in [-0.2, 0) is 12.8 Å². The monoisotopic (exact) mass is 316 g/mol. The predicted molar refractivity (Wildman–Crippen MR) is 87.6 cm³/mol. The Labute approximate surface area is 134 Å². The second-order valence-electron chi connectivity index (χ2n) is 6.02. The van der Waals surface area contributed by atoms with Gasteiger partial charge in [0.2, 0.25) is 0 Å². The van der Waals surface area contributed by atoms with E-state index in [2.05, 4.69) is 6.92 Å². The maximum atomic E-state index is 14.4. The molecule has 0 bridgehead atoms. The van der Waals surface area contributed by atoms with Gasteiger partial charge in [0, 0.05) is 5.56 Å². The minimum Gasteiger partial charge on any atom is -0.206 e. The summed E-state index contributed by atoms with van der Waals surface area (Å²) in [5.74, 6) is -1.85. The van der Waals surface area contributed by atoms with Crippen LogP contribution in [0.1, 0.15) is 48.4 Å². The number of unbranched alkanes of at least 4 members (excludes halogenated alkanes) is 1. The molecule has 0 aliphatic heterocycles. The van der Waals surface area contributed by atoms with Crippen LogP contribution in [0.4, 0.5) is 13.2 Å². The molecule has 0 nitrogen and oxygen atoms in total. The molecule has 120 valence electrons. The van der Waals surface area contributed by atoms with Gasteiger partial charge in [0.05, 0.1) is 0 Å². The van der Waals surface area contributed by atoms with Gasteiger partial charge in [-0.1, -0.05) is 37.6 Å². The van der Waals surface area contributed by atoms with Crippen molar-refractivity contribution in [2.75, 3.05) is 0 Å². The third-order valence-electron chi connectivity index (χ3n) is 4.40. The SMILES string of the molecule is CCCCc1ccc(C2=Cc3ccc(F)c(F)c3CC2)c(F)c1. The average Bonchev–Trinajstić information content (AvgIpc) is 2.56. The van der Waals surface area contributed by atoms with Crippen LogP contribution < -0.4 is 0 Å². The number of hydrogen-bond donors (Lipinski definition) is 0. The van der Waals surface area contributed by atoms with Gasteiger partial charge in [0.15, 0.2) is 11.6 Å². The Kier molecular flexibility index (Phi) is 4.56. The maximum Gasteiger partial charge on any atom is 0.162 e. The summed E-state index contributed by atoms with van der Waals surface area (Å²) in [6, 6.07) is 8.03. The molecule has 3 heteroatoms. The topological polar surface area (TPSA) is 0 Å². The van der Waals surface area contributed by atoms with Gasteiger partial charge in [-0.05, 0) is 60.1 Å². The lowest BCUT2D eigenvalue weighted by Gasteiger charge is -2.18. The minimum absolute atomic E-state index is 0.240. The van der Waals surface area contributed by atoms with E-state index in [0.717, 1.165) is 36.5 Å². The van der Waals surface area contributed by atoms with Crippen molar-refractivity contribution in [3.05, 3.63) is 70.0 Å². The summed E-state index contributed by atoms with van der Waals surface area (Å²) in [6.07, 6.45) is 5.67. The largest absolute Gasteiger partial charge is 0.206 e. The van der Waals surface area contributed by atoms with Gasteiger partial charge in [0.1, 0.15) is 5.82 Å². The highest BCUT2D eigenvalue weighted by molar-refractivity contribution is 5.84. The number of aryl methyl sites for hydroxylation is 1. The standard InChI is InChI=1S/C20H19F3/c1-2-3-4-13-5-8-16(19(22)11-13)14-6-9-17-15(12-14)7-10-18(21)20(17)23/h5,7-8,10-12H,2-4,6,9H2,1H3. The minimum atomic E-state index is -0.827. The van der Waals surface area contributed by atoms with Gasteiger partial charge in [-0.25, -0.2) is 13.2 Å². The molecule has 2 aromatic carbocycles. The van der Waals surface area contributed by atoms with Gasteiger partial charge in [-0.15, -0.1) is 0 Å². The molecule has 0 saturated carbocycles. The summed E-state index contributed by atoms with van der Waals surface area (Å²) < 4.78 is 41.5. The van der Waals surface area contributed by atoms with Crippen LogP contribution in [-0.4, -0.2) is 0 Å². The molecule has 1 aliphatic rings. The van der Waals surface area contributed by atoms with Crippen molar-refractivity contribution in [1.29, 1.82) is 0 Å². The molecule has 0 fully saturated rings. The normalized spacial score (nSPS) is 13.7. The molecule has 3 rings (SSSR count). The summed E-state index contributed by atoms with van der Waals surface area (Å²) >= 11 is 0. The first-order valence-corrected chi connectivity index (χ1v) is 8.06. The molecule has 0 heterocycles. The van der Waals surface area contributed by atoms with E-state index < -0.39 is 11.6 Å². The molecule has 2 aromatic rings. The third kappa shape index (κ3) is 3.19. The van der Waals surface area contributed by atoms with E-state index in [-0.39, 0.29) is 5.82 Å². The Morgan fingerprint density at radius 1 is 0.957 bits per heavy atom. The second kappa shape index (κ2) is 6.61. The zero-order valence-corrected chi connectivity index (χ0v) is 13.1. The third-order valence-corrected chi connectivity index (χ3v) is 4.40. The molecule has 0 saturated heterocycles. The first-order chi connectivity index (χ1) is 11.1. The zero-order valence-electron chi connectivity index (χ0n) is 13.1. The van der Waals surface area contributed by atoms with Crippen molar-refractivity contribution in [3.8, 4) is 0 Å². The number of allylic oxidation sites excluding steroid dienone is 1. The Balaban J connectivity index is 1.93. The fraction of sp³-hybridized carbons (Fsp3) is 0.300. The first-order valence-electron chi connectivity index (χ1n) is 8.06. The zero-order chi connectivity index (χ0) is 16.4. The number of hydrogen-bond acceptors (Lipinski definition) is 0. The van der Waals surface area contributed by atoms with Crippen LogP contribution in [0.15, 0.2) is 30.3 Å². The van der Waals surface area contributed by atoms with E-state index in [1.807, 2.05) is 6.07 Å². The molecule has 0 aromatic heterocycles. The summed E-state index contributed by atoms with van der Waals surface area (Å²) in [6.45, 7) is 2.11. The van der Waals surface area contributed by atoms with Crippen molar-refractivity contribution >= 4 is 11.6 Å². The van der Waals surface area contributed by atoms with Gasteiger partial charge >= 0.3 is 0 Å². The molecule has 0 atom stereocenters. The van der Waals surface area contributed by atoms with Gasteiger partial charge in [-0.2, -0.15) is 0 Å². The van der Waals surface area contributed by atoms with E-state index in [1.54, 1.807) is 24.3 Å². The van der Waals surface area contributed by atoms with Crippen molar-refractivity contribution in [2.24, 2.45) is 0 Å². The molecular weight excluding hydrogens is 297 g/mol. The smallest absolute Gasteiger partial charge is 0.162 e.